The summed E-state index contributed by atoms with van der Waals surface area (Å²) in [6, 6.07) is 13.5. The van der Waals surface area contributed by atoms with Crippen molar-refractivity contribution in [2.75, 3.05) is 6.61 Å². The topological polar surface area (TPSA) is 38.0 Å². The monoisotopic (exact) mass is 290 g/mol. The summed E-state index contributed by atoms with van der Waals surface area (Å²) in [4.78, 5) is 0. The standard InChI is InChI=1S/C13H11BrN2O/c14-11-3-1-5-13(9-11)17-8-7-16-6-2-4-12(16)10-15/h1-6,9H,7-8H2. The highest BCUT2D eigenvalue weighted by Gasteiger charge is 1.99. The first kappa shape index (κ1) is 11.7. The number of benzene rings is 1. The van der Waals surface area contributed by atoms with Gasteiger partial charge in [-0.1, -0.05) is 22.0 Å². The molecule has 0 amide bonds. The zero-order valence-electron chi connectivity index (χ0n) is 9.14. The predicted molar refractivity (Wildman–Crippen MR) is 68.8 cm³/mol. The van der Waals surface area contributed by atoms with E-state index < -0.39 is 0 Å². The molecule has 1 aromatic carbocycles. The molecule has 0 radical (unpaired) electrons. The molecule has 2 aromatic rings. The lowest BCUT2D eigenvalue weighted by atomic mass is 10.3. The van der Waals surface area contributed by atoms with E-state index in [0.29, 0.717) is 18.8 Å². The molecule has 0 saturated carbocycles. The maximum atomic E-state index is 8.84. The average molecular weight is 291 g/mol. The molecule has 4 heteroatoms. The highest BCUT2D eigenvalue weighted by Crippen LogP contribution is 2.17. The Labute approximate surface area is 108 Å². The fourth-order valence-corrected chi connectivity index (χ4v) is 1.91. The second kappa shape index (κ2) is 5.55. The van der Waals surface area contributed by atoms with Crippen LogP contribution >= 0.6 is 15.9 Å². The van der Waals surface area contributed by atoms with Crippen LogP contribution in [0.2, 0.25) is 0 Å². The van der Waals surface area contributed by atoms with Crippen LogP contribution in [0, 0.1) is 11.3 Å². The number of nitriles is 1. The van der Waals surface area contributed by atoms with Crippen LogP contribution in [0.3, 0.4) is 0 Å². The van der Waals surface area contributed by atoms with Gasteiger partial charge in [-0.2, -0.15) is 5.26 Å². The Morgan fingerprint density at radius 1 is 1.29 bits per heavy atom. The summed E-state index contributed by atoms with van der Waals surface area (Å²) < 4.78 is 8.47. The van der Waals surface area contributed by atoms with Crippen molar-refractivity contribution >= 4 is 15.9 Å². The first-order valence-corrected chi connectivity index (χ1v) is 6.02. The molecule has 0 aliphatic heterocycles. The fraction of sp³-hybridized carbons (Fsp3) is 0.154. The maximum absolute atomic E-state index is 8.84. The van der Waals surface area contributed by atoms with Crippen molar-refractivity contribution in [3.63, 3.8) is 0 Å². The zero-order chi connectivity index (χ0) is 12.1. The Morgan fingerprint density at radius 3 is 2.94 bits per heavy atom. The number of aromatic nitrogens is 1. The van der Waals surface area contributed by atoms with E-state index in [-0.39, 0.29) is 0 Å². The van der Waals surface area contributed by atoms with Crippen LogP contribution in [-0.2, 0) is 6.54 Å². The molecule has 3 nitrogen and oxygen atoms in total. The second-order valence-electron chi connectivity index (χ2n) is 3.50. The van der Waals surface area contributed by atoms with E-state index in [9.17, 15) is 0 Å². The van der Waals surface area contributed by atoms with Gasteiger partial charge in [0.1, 0.15) is 24.1 Å². The maximum Gasteiger partial charge on any atom is 0.120 e. The molecule has 1 heterocycles. The first-order valence-electron chi connectivity index (χ1n) is 5.23. The van der Waals surface area contributed by atoms with Crippen LogP contribution in [-0.4, -0.2) is 11.2 Å². The minimum atomic E-state index is 0.541. The molecule has 0 N–H and O–H groups in total. The molecule has 1 aromatic heterocycles. The molecule has 0 aliphatic rings. The van der Waals surface area contributed by atoms with Crippen molar-refractivity contribution in [2.24, 2.45) is 0 Å². The number of hydrogen-bond acceptors (Lipinski definition) is 2. The fourth-order valence-electron chi connectivity index (χ4n) is 1.53. The van der Waals surface area contributed by atoms with Gasteiger partial charge in [-0.15, -0.1) is 0 Å². The third kappa shape index (κ3) is 3.11. The molecule has 0 bridgehead atoms. The third-order valence-electron chi connectivity index (χ3n) is 2.34. The van der Waals surface area contributed by atoms with Crippen LogP contribution in [0.1, 0.15) is 5.69 Å². The number of rotatable bonds is 4. The molecule has 0 unspecified atom stereocenters. The minimum absolute atomic E-state index is 0.541. The molecule has 0 spiro atoms. The Bertz CT molecular complexity index is 542. The summed E-state index contributed by atoms with van der Waals surface area (Å²) >= 11 is 3.39. The molecule has 17 heavy (non-hydrogen) atoms. The van der Waals surface area contributed by atoms with Crippen molar-refractivity contribution < 1.29 is 4.74 Å². The molecule has 86 valence electrons. The largest absolute Gasteiger partial charge is 0.492 e. The zero-order valence-corrected chi connectivity index (χ0v) is 10.7. The van der Waals surface area contributed by atoms with Gasteiger partial charge in [-0.25, -0.2) is 0 Å². The van der Waals surface area contributed by atoms with Gasteiger partial charge in [-0.05, 0) is 30.3 Å². The van der Waals surface area contributed by atoms with Crippen LogP contribution in [0.15, 0.2) is 47.1 Å². The van der Waals surface area contributed by atoms with E-state index in [1.54, 1.807) is 6.07 Å². The van der Waals surface area contributed by atoms with Gasteiger partial charge in [0.05, 0.1) is 6.54 Å². The van der Waals surface area contributed by atoms with Gasteiger partial charge in [0.15, 0.2) is 0 Å². The predicted octanol–water partition coefficient (Wildman–Crippen LogP) is 3.20. The highest BCUT2D eigenvalue weighted by molar-refractivity contribution is 9.10. The smallest absolute Gasteiger partial charge is 0.120 e. The number of halogens is 1. The summed E-state index contributed by atoms with van der Waals surface area (Å²) in [5.41, 5.74) is 0.655. The first-order chi connectivity index (χ1) is 8.29. The normalized spacial score (nSPS) is 9.88. The van der Waals surface area contributed by atoms with Crippen LogP contribution in [0.5, 0.6) is 5.75 Å². The summed E-state index contributed by atoms with van der Waals surface area (Å²) in [6.07, 6.45) is 1.88. The van der Waals surface area contributed by atoms with Gasteiger partial charge >= 0.3 is 0 Å². The van der Waals surface area contributed by atoms with E-state index in [2.05, 4.69) is 22.0 Å². The molecule has 2 rings (SSSR count). The quantitative estimate of drug-likeness (QED) is 0.867. The Kier molecular flexibility index (Phi) is 3.84. The SMILES string of the molecule is N#Cc1cccn1CCOc1cccc(Br)c1. The lowest BCUT2D eigenvalue weighted by molar-refractivity contribution is 0.298. The average Bonchev–Trinajstić information content (AvgIpc) is 2.77. The van der Waals surface area contributed by atoms with Gasteiger partial charge in [0.2, 0.25) is 0 Å². The van der Waals surface area contributed by atoms with Gasteiger partial charge in [-0.3, -0.25) is 0 Å². The molecule has 0 atom stereocenters. The summed E-state index contributed by atoms with van der Waals surface area (Å²) in [5.74, 6) is 0.824. The van der Waals surface area contributed by atoms with Crippen LogP contribution in [0.4, 0.5) is 0 Å². The molecular formula is C13H11BrN2O. The summed E-state index contributed by atoms with van der Waals surface area (Å²) in [6.45, 7) is 1.21. The number of nitrogens with zero attached hydrogens (tertiary/aromatic N) is 2. The van der Waals surface area contributed by atoms with Crippen molar-refractivity contribution in [3.8, 4) is 11.8 Å². The van der Waals surface area contributed by atoms with Crippen molar-refractivity contribution in [2.45, 2.75) is 6.54 Å². The molecular weight excluding hydrogens is 280 g/mol. The van der Waals surface area contributed by atoms with E-state index in [4.69, 9.17) is 10.00 Å². The van der Waals surface area contributed by atoms with E-state index in [1.807, 2.05) is 41.1 Å². The van der Waals surface area contributed by atoms with Gasteiger partial charge in [0, 0.05) is 10.7 Å². The van der Waals surface area contributed by atoms with Gasteiger partial charge in [0.25, 0.3) is 0 Å². The number of hydrogen-bond donors (Lipinski definition) is 0. The molecule has 0 fully saturated rings. The third-order valence-corrected chi connectivity index (χ3v) is 2.83. The van der Waals surface area contributed by atoms with Gasteiger partial charge < -0.3 is 9.30 Å². The second-order valence-corrected chi connectivity index (χ2v) is 4.42. The van der Waals surface area contributed by atoms with Crippen molar-refractivity contribution in [1.82, 2.24) is 4.57 Å². The van der Waals surface area contributed by atoms with Crippen LogP contribution in [0.25, 0.3) is 0 Å². The lowest BCUT2D eigenvalue weighted by Gasteiger charge is -2.08. The summed E-state index contributed by atoms with van der Waals surface area (Å²) in [5, 5.41) is 8.84. The lowest BCUT2D eigenvalue weighted by Crippen LogP contribution is -2.08. The van der Waals surface area contributed by atoms with E-state index in [0.717, 1.165) is 10.2 Å². The van der Waals surface area contributed by atoms with Crippen molar-refractivity contribution in [3.05, 3.63) is 52.8 Å². The molecule has 0 aliphatic carbocycles. The van der Waals surface area contributed by atoms with Crippen LogP contribution < -0.4 is 4.74 Å². The Morgan fingerprint density at radius 2 is 2.18 bits per heavy atom. The Hall–Kier alpha value is -1.73. The number of ether oxygens (including phenoxy) is 1. The van der Waals surface area contributed by atoms with E-state index in [1.165, 1.54) is 0 Å². The van der Waals surface area contributed by atoms with Crippen molar-refractivity contribution in [1.29, 1.82) is 5.26 Å². The molecule has 0 saturated heterocycles. The Balaban J connectivity index is 1.90. The minimum Gasteiger partial charge on any atom is -0.492 e. The summed E-state index contributed by atoms with van der Waals surface area (Å²) in [7, 11) is 0. The van der Waals surface area contributed by atoms with E-state index >= 15 is 0 Å². The highest BCUT2D eigenvalue weighted by atomic mass is 79.9.